The lowest BCUT2D eigenvalue weighted by Crippen LogP contribution is -2.33. The van der Waals surface area contributed by atoms with E-state index in [1.54, 1.807) is 23.9 Å². The number of fused-ring (bicyclic) bond motifs is 1. The van der Waals surface area contributed by atoms with Crippen molar-refractivity contribution in [3.05, 3.63) is 18.6 Å². The van der Waals surface area contributed by atoms with Crippen LogP contribution in [0.2, 0.25) is 0 Å². The molecular weight excluding hydrogens is 264 g/mol. The monoisotopic (exact) mass is 280 g/mol. The summed E-state index contributed by atoms with van der Waals surface area (Å²) in [6.45, 7) is -0.365. The normalized spacial score (nSPS) is 30.0. The van der Waals surface area contributed by atoms with E-state index in [1.165, 1.54) is 6.33 Å². The molecule has 4 N–H and O–H groups in total. The van der Waals surface area contributed by atoms with Crippen molar-refractivity contribution in [2.24, 2.45) is 0 Å². The van der Waals surface area contributed by atoms with Crippen molar-refractivity contribution in [3.8, 4) is 0 Å². The van der Waals surface area contributed by atoms with Gasteiger partial charge in [-0.25, -0.2) is 9.97 Å². The fourth-order valence-corrected chi connectivity index (χ4v) is 2.43. The summed E-state index contributed by atoms with van der Waals surface area (Å²) in [6.07, 6.45) is -0.821. The minimum Gasteiger partial charge on any atom is -0.394 e. The van der Waals surface area contributed by atoms with Crippen molar-refractivity contribution in [3.63, 3.8) is 0 Å². The molecule has 20 heavy (non-hydrogen) atoms. The van der Waals surface area contributed by atoms with Crippen LogP contribution in [0.5, 0.6) is 0 Å². The largest absolute Gasteiger partial charge is 0.394 e. The van der Waals surface area contributed by atoms with E-state index in [1.807, 2.05) is 0 Å². The standard InChI is InChI=1S/C12H16N4O4/c1-13-6-2-3-14-11-8(6)15-5-16(11)12-10(19)9(18)7(4-17)20-12/h2-3,5,7,9-10,12,17-19H,4H2,1H3,(H,13,14)/t7-,9-,10-,12?/m1/s1. The molecule has 3 rings (SSSR count). The third-order valence-electron chi connectivity index (χ3n) is 3.52. The van der Waals surface area contributed by atoms with E-state index < -0.39 is 24.5 Å². The summed E-state index contributed by atoms with van der Waals surface area (Å²) in [4.78, 5) is 8.48. The second kappa shape index (κ2) is 4.98. The average molecular weight is 280 g/mol. The van der Waals surface area contributed by atoms with Gasteiger partial charge < -0.3 is 25.4 Å². The summed E-state index contributed by atoms with van der Waals surface area (Å²) >= 11 is 0. The lowest BCUT2D eigenvalue weighted by Gasteiger charge is -2.16. The number of hydrogen-bond donors (Lipinski definition) is 4. The highest BCUT2D eigenvalue weighted by Crippen LogP contribution is 2.32. The molecule has 1 aliphatic heterocycles. The number of ether oxygens (including phenoxy) is 1. The molecule has 2 aromatic heterocycles. The van der Waals surface area contributed by atoms with Gasteiger partial charge in [-0.15, -0.1) is 0 Å². The molecule has 0 radical (unpaired) electrons. The van der Waals surface area contributed by atoms with Gasteiger partial charge in [0.2, 0.25) is 0 Å². The van der Waals surface area contributed by atoms with Gasteiger partial charge in [0, 0.05) is 13.2 Å². The molecule has 0 saturated carbocycles. The molecule has 0 aromatic carbocycles. The minimum absolute atomic E-state index is 0.365. The predicted octanol–water partition coefficient (Wildman–Crippen LogP) is -0.916. The first kappa shape index (κ1) is 13.3. The lowest BCUT2D eigenvalue weighted by atomic mass is 10.1. The quantitative estimate of drug-likeness (QED) is 0.575. The summed E-state index contributed by atoms with van der Waals surface area (Å²) in [7, 11) is 1.78. The van der Waals surface area contributed by atoms with Crippen molar-refractivity contribution < 1.29 is 20.1 Å². The molecular formula is C12H16N4O4. The molecule has 1 saturated heterocycles. The van der Waals surface area contributed by atoms with Gasteiger partial charge in [0.05, 0.1) is 18.6 Å². The molecule has 0 aliphatic carbocycles. The Bertz CT molecular complexity index is 617. The molecule has 108 valence electrons. The zero-order chi connectivity index (χ0) is 14.3. The van der Waals surface area contributed by atoms with Crippen molar-refractivity contribution >= 4 is 16.9 Å². The highest BCUT2D eigenvalue weighted by atomic mass is 16.6. The third kappa shape index (κ3) is 1.85. The average Bonchev–Trinajstić information content (AvgIpc) is 3.01. The molecule has 0 bridgehead atoms. The number of rotatable bonds is 3. The Morgan fingerprint density at radius 1 is 1.35 bits per heavy atom. The zero-order valence-electron chi connectivity index (χ0n) is 10.8. The number of hydrogen-bond acceptors (Lipinski definition) is 7. The van der Waals surface area contributed by atoms with E-state index >= 15 is 0 Å². The van der Waals surface area contributed by atoms with Crippen molar-refractivity contribution in [2.75, 3.05) is 19.0 Å². The molecule has 0 spiro atoms. The Hall–Kier alpha value is -1.74. The summed E-state index contributed by atoms with van der Waals surface area (Å²) < 4.78 is 7.03. The number of pyridine rings is 1. The Balaban J connectivity index is 2.03. The fraction of sp³-hybridized carbons (Fsp3) is 0.500. The van der Waals surface area contributed by atoms with Crippen molar-refractivity contribution in [1.82, 2.24) is 14.5 Å². The maximum atomic E-state index is 10.0. The Morgan fingerprint density at radius 2 is 2.15 bits per heavy atom. The van der Waals surface area contributed by atoms with Gasteiger partial charge in [-0.3, -0.25) is 4.57 Å². The molecule has 8 heteroatoms. The van der Waals surface area contributed by atoms with E-state index in [0.29, 0.717) is 11.2 Å². The SMILES string of the molecule is CNc1ccnc2c1ncn2C1O[C@H](CO)[C@@H](O)[C@H]1O. The van der Waals surface area contributed by atoms with Gasteiger partial charge in [0.25, 0.3) is 0 Å². The van der Waals surface area contributed by atoms with Crippen molar-refractivity contribution in [1.29, 1.82) is 0 Å². The van der Waals surface area contributed by atoms with E-state index in [9.17, 15) is 10.2 Å². The van der Waals surface area contributed by atoms with E-state index in [-0.39, 0.29) is 6.61 Å². The van der Waals surface area contributed by atoms with Crippen LogP contribution in [0.15, 0.2) is 18.6 Å². The fourth-order valence-electron chi connectivity index (χ4n) is 2.43. The van der Waals surface area contributed by atoms with Crippen LogP contribution in [0.25, 0.3) is 11.2 Å². The van der Waals surface area contributed by atoms with Gasteiger partial charge in [0.1, 0.15) is 23.8 Å². The highest BCUT2D eigenvalue weighted by Gasteiger charge is 2.43. The first-order chi connectivity index (χ1) is 9.67. The maximum Gasteiger partial charge on any atom is 0.165 e. The second-order valence-corrected chi connectivity index (χ2v) is 4.66. The number of anilines is 1. The van der Waals surface area contributed by atoms with Crippen LogP contribution in [0.1, 0.15) is 6.23 Å². The number of aromatic nitrogens is 3. The van der Waals surface area contributed by atoms with Crippen LogP contribution in [0.3, 0.4) is 0 Å². The zero-order valence-corrected chi connectivity index (χ0v) is 10.8. The van der Waals surface area contributed by atoms with Gasteiger partial charge in [-0.2, -0.15) is 0 Å². The van der Waals surface area contributed by atoms with Crippen LogP contribution in [0.4, 0.5) is 5.69 Å². The molecule has 1 unspecified atom stereocenters. The first-order valence-electron chi connectivity index (χ1n) is 6.29. The van der Waals surface area contributed by atoms with Crippen LogP contribution in [0, 0.1) is 0 Å². The molecule has 1 aliphatic rings. The summed E-state index contributed by atoms with van der Waals surface area (Å²) in [5.74, 6) is 0. The van der Waals surface area contributed by atoms with Crippen LogP contribution in [-0.2, 0) is 4.74 Å². The number of aliphatic hydroxyl groups excluding tert-OH is 3. The van der Waals surface area contributed by atoms with Gasteiger partial charge >= 0.3 is 0 Å². The molecule has 4 atom stereocenters. The van der Waals surface area contributed by atoms with Gasteiger partial charge in [-0.05, 0) is 6.07 Å². The van der Waals surface area contributed by atoms with E-state index in [4.69, 9.17) is 9.84 Å². The van der Waals surface area contributed by atoms with Crippen LogP contribution >= 0.6 is 0 Å². The molecule has 1 fully saturated rings. The molecule has 0 amide bonds. The van der Waals surface area contributed by atoms with E-state index in [0.717, 1.165) is 5.69 Å². The topological polar surface area (TPSA) is 113 Å². The smallest absolute Gasteiger partial charge is 0.165 e. The molecule has 8 nitrogen and oxygen atoms in total. The predicted molar refractivity (Wildman–Crippen MR) is 70.1 cm³/mol. The number of nitrogens with zero attached hydrogens (tertiary/aromatic N) is 3. The number of nitrogens with one attached hydrogen (secondary N) is 1. The van der Waals surface area contributed by atoms with Gasteiger partial charge in [0.15, 0.2) is 11.9 Å². The summed E-state index contributed by atoms with van der Waals surface area (Å²) in [6, 6.07) is 1.79. The van der Waals surface area contributed by atoms with E-state index in [2.05, 4.69) is 15.3 Å². The lowest BCUT2D eigenvalue weighted by molar-refractivity contribution is -0.0511. The number of imidazole rings is 1. The van der Waals surface area contributed by atoms with Crippen molar-refractivity contribution in [2.45, 2.75) is 24.5 Å². The highest BCUT2D eigenvalue weighted by molar-refractivity contribution is 5.85. The third-order valence-corrected chi connectivity index (χ3v) is 3.52. The van der Waals surface area contributed by atoms with Crippen LogP contribution < -0.4 is 5.32 Å². The minimum atomic E-state index is -1.15. The molecule has 3 heterocycles. The molecule has 2 aromatic rings. The number of aliphatic hydroxyl groups is 3. The second-order valence-electron chi connectivity index (χ2n) is 4.66. The summed E-state index contributed by atoms with van der Waals surface area (Å²) in [5, 5.41) is 32.0. The Kier molecular flexibility index (Phi) is 3.30. The Labute approximate surface area is 114 Å². The van der Waals surface area contributed by atoms with Gasteiger partial charge in [-0.1, -0.05) is 0 Å². The van der Waals surface area contributed by atoms with Crippen LogP contribution in [-0.4, -0.2) is 61.8 Å². The summed E-state index contributed by atoms with van der Waals surface area (Å²) in [5.41, 5.74) is 1.99. The Morgan fingerprint density at radius 3 is 2.80 bits per heavy atom. The first-order valence-corrected chi connectivity index (χ1v) is 6.29. The maximum absolute atomic E-state index is 10.0.